The van der Waals surface area contributed by atoms with Gasteiger partial charge < -0.3 is 9.84 Å². The van der Waals surface area contributed by atoms with Gasteiger partial charge in [-0.15, -0.1) is 11.3 Å². The minimum Gasteiger partial charge on any atom is -0.481 e. The minimum absolute atomic E-state index is 0.153. The molecule has 1 saturated heterocycles. The van der Waals surface area contributed by atoms with Gasteiger partial charge in [-0.1, -0.05) is 0 Å². The maximum Gasteiger partial charge on any atom is 0.308 e. The Bertz CT molecular complexity index is 560. The third kappa shape index (κ3) is 4.27. The maximum absolute atomic E-state index is 12.1. The first kappa shape index (κ1) is 15.4. The van der Waals surface area contributed by atoms with E-state index in [2.05, 4.69) is 4.72 Å². The van der Waals surface area contributed by atoms with Gasteiger partial charge in [0.2, 0.25) is 10.0 Å². The standard InChI is InChI=1S/C12H17NO5S2/c14-11(15)7-10-1-2-12(19-10)20(16,17)13-8-9-3-5-18-6-4-9/h1-2,9,13H,3-8H2,(H,14,15). The minimum atomic E-state index is -3.54. The van der Waals surface area contributed by atoms with Crippen molar-refractivity contribution in [2.45, 2.75) is 23.5 Å². The monoisotopic (exact) mass is 319 g/mol. The highest BCUT2D eigenvalue weighted by Gasteiger charge is 2.20. The summed E-state index contributed by atoms with van der Waals surface area (Å²) in [4.78, 5) is 11.1. The van der Waals surface area contributed by atoms with Crippen molar-refractivity contribution in [3.8, 4) is 0 Å². The summed E-state index contributed by atoms with van der Waals surface area (Å²) in [6.07, 6.45) is 1.56. The molecule has 1 aromatic rings. The topological polar surface area (TPSA) is 92.7 Å². The number of ether oxygens (including phenoxy) is 1. The van der Waals surface area contributed by atoms with Crippen LogP contribution in [0.4, 0.5) is 0 Å². The zero-order valence-electron chi connectivity index (χ0n) is 10.9. The molecule has 112 valence electrons. The van der Waals surface area contributed by atoms with Gasteiger partial charge in [0.1, 0.15) is 4.21 Å². The first-order valence-electron chi connectivity index (χ1n) is 6.35. The number of carboxylic acids is 1. The number of rotatable bonds is 6. The van der Waals surface area contributed by atoms with Crippen LogP contribution in [-0.2, 0) is 26.0 Å². The van der Waals surface area contributed by atoms with Crippen LogP contribution in [0.1, 0.15) is 17.7 Å². The predicted molar refractivity (Wildman–Crippen MR) is 74.4 cm³/mol. The zero-order valence-corrected chi connectivity index (χ0v) is 12.5. The Morgan fingerprint density at radius 2 is 2.10 bits per heavy atom. The van der Waals surface area contributed by atoms with Gasteiger partial charge in [-0.25, -0.2) is 13.1 Å². The van der Waals surface area contributed by atoms with Crippen LogP contribution in [0.2, 0.25) is 0 Å². The van der Waals surface area contributed by atoms with Crippen molar-refractivity contribution in [1.82, 2.24) is 4.72 Å². The van der Waals surface area contributed by atoms with Crippen LogP contribution >= 0.6 is 11.3 Å². The van der Waals surface area contributed by atoms with Crippen LogP contribution in [0.5, 0.6) is 0 Å². The molecular formula is C12H17NO5S2. The van der Waals surface area contributed by atoms with Crippen molar-refractivity contribution < 1.29 is 23.1 Å². The van der Waals surface area contributed by atoms with Crippen LogP contribution in [0, 0.1) is 5.92 Å². The Morgan fingerprint density at radius 1 is 1.40 bits per heavy atom. The van der Waals surface area contributed by atoms with Gasteiger partial charge in [0.15, 0.2) is 0 Å². The molecule has 0 unspecified atom stereocenters. The molecule has 1 aromatic heterocycles. The lowest BCUT2D eigenvalue weighted by Crippen LogP contribution is -2.31. The van der Waals surface area contributed by atoms with Crippen LogP contribution in [0.3, 0.4) is 0 Å². The van der Waals surface area contributed by atoms with Crippen molar-refractivity contribution in [1.29, 1.82) is 0 Å². The molecule has 0 saturated carbocycles. The average Bonchev–Trinajstić information content (AvgIpc) is 2.86. The third-order valence-electron chi connectivity index (χ3n) is 3.13. The van der Waals surface area contributed by atoms with Gasteiger partial charge in [0.05, 0.1) is 6.42 Å². The summed E-state index contributed by atoms with van der Waals surface area (Å²) in [5, 5.41) is 8.68. The Hall–Kier alpha value is -0.960. The second-order valence-electron chi connectivity index (χ2n) is 4.70. The lowest BCUT2D eigenvalue weighted by atomic mass is 10.0. The number of aliphatic carboxylic acids is 1. The molecule has 0 bridgehead atoms. The van der Waals surface area contributed by atoms with E-state index >= 15 is 0 Å². The molecule has 0 aromatic carbocycles. The molecule has 0 amide bonds. The summed E-state index contributed by atoms with van der Waals surface area (Å²) in [6.45, 7) is 1.75. The zero-order chi connectivity index (χ0) is 14.6. The van der Waals surface area contributed by atoms with Crippen molar-refractivity contribution in [2.75, 3.05) is 19.8 Å². The molecule has 0 radical (unpaired) electrons. The summed E-state index contributed by atoms with van der Waals surface area (Å²) < 4.78 is 32.2. The molecule has 1 aliphatic heterocycles. The number of hydrogen-bond acceptors (Lipinski definition) is 5. The lowest BCUT2D eigenvalue weighted by molar-refractivity contribution is -0.136. The van der Waals surface area contributed by atoms with Crippen LogP contribution < -0.4 is 4.72 Å². The van der Waals surface area contributed by atoms with E-state index in [4.69, 9.17) is 9.84 Å². The van der Waals surface area contributed by atoms with Gasteiger partial charge in [0, 0.05) is 24.6 Å². The molecule has 6 nitrogen and oxygen atoms in total. The van der Waals surface area contributed by atoms with E-state index in [0.717, 1.165) is 24.2 Å². The van der Waals surface area contributed by atoms with Crippen LogP contribution in [0.25, 0.3) is 0 Å². The number of nitrogens with one attached hydrogen (secondary N) is 1. The predicted octanol–water partition coefficient (Wildman–Crippen LogP) is 1.08. The molecule has 2 heterocycles. The van der Waals surface area contributed by atoms with Gasteiger partial charge in [-0.05, 0) is 30.9 Å². The van der Waals surface area contributed by atoms with E-state index in [1.807, 2.05) is 0 Å². The fourth-order valence-electron chi connectivity index (χ4n) is 2.00. The average molecular weight is 319 g/mol. The molecular weight excluding hydrogens is 302 g/mol. The maximum atomic E-state index is 12.1. The van der Waals surface area contributed by atoms with Gasteiger partial charge in [-0.2, -0.15) is 0 Å². The first-order valence-corrected chi connectivity index (χ1v) is 8.65. The van der Waals surface area contributed by atoms with E-state index in [1.54, 1.807) is 6.07 Å². The Labute approximate surface area is 121 Å². The fourth-order valence-corrected chi connectivity index (χ4v) is 4.50. The number of sulfonamides is 1. The largest absolute Gasteiger partial charge is 0.481 e. The molecule has 20 heavy (non-hydrogen) atoms. The SMILES string of the molecule is O=C(O)Cc1ccc(S(=O)(=O)NCC2CCOCC2)s1. The summed E-state index contributed by atoms with van der Waals surface area (Å²) >= 11 is 0.999. The molecule has 2 N–H and O–H groups in total. The van der Waals surface area contributed by atoms with E-state index in [9.17, 15) is 13.2 Å². The van der Waals surface area contributed by atoms with Crippen LogP contribution in [-0.4, -0.2) is 39.3 Å². The Kier molecular flexibility index (Phi) is 5.14. The summed E-state index contributed by atoms with van der Waals surface area (Å²) in [5.41, 5.74) is 0. The van der Waals surface area contributed by atoms with E-state index < -0.39 is 16.0 Å². The summed E-state index contributed by atoms with van der Waals surface area (Å²) in [6, 6.07) is 3.00. The molecule has 0 aliphatic carbocycles. The van der Waals surface area contributed by atoms with Crippen molar-refractivity contribution in [3.05, 3.63) is 17.0 Å². The van der Waals surface area contributed by atoms with E-state index in [-0.39, 0.29) is 10.6 Å². The highest BCUT2D eigenvalue weighted by molar-refractivity contribution is 7.91. The van der Waals surface area contributed by atoms with Crippen molar-refractivity contribution >= 4 is 27.3 Å². The quantitative estimate of drug-likeness (QED) is 0.818. The number of carbonyl (C=O) groups is 1. The smallest absolute Gasteiger partial charge is 0.308 e. The summed E-state index contributed by atoms with van der Waals surface area (Å²) in [5.74, 6) is -0.664. The number of carboxylic acid groups (broad SMARTS) is 1. The Morgan fingerprint density at radius 3 is 2.75 bits per heavy atom. The van der Waals surface area contributed by atoms with Crippen LogP contribution in [0.15, 0.2) is 16.3 Å². The number of hydrogen-bond donors (Lipinski definition) is 2. The molecule has 2 rings (SSSR count). The highest BCUT2D eigenvalue weighted by Crippen LogP contribution is 2.22. The first-order chi connectivity index (χ1) is 9.47. The fraction of sp³-hybridized carbons (Fsp3) is 0.583. The lowest BCUT2D eigenvalue weighted by Gasteiger charge is -2.21. The van der Waals surface area contributed by atoms with Gasteiger partial charge >= 0.3 is 5.97 Å². The van der Waals surface area contributed by atoms with Crippen molar-refractivity contribution in [3.63, 3.8) is 0 Å². The molecule has 0 spiro atoms. The number of thiophene rings is 1. The molecule has 1 fully saturated rings. The van der Waals surface area contributed by atoms with Crippen molar-refractivity contribution in [2.24, 2.45) is 5.92 Å². The summed E-state index contributed by atoms with van der Waals surface area (Å²) in [7, 11) is -3.54. The van der Waals surface area contributed by atoms with Gasteiger partial charge in [-0.3, -0.25) is 4.79 Å². The van der Waals surface area contributed by atoms with E-state index in [0.29, 0.717) is 30.6 Å². The molecule has 1 aliphatic rings. The van der Waals surface area contributed by atoms with E-state index in [1.165, 1.54) is 6.07 Å². The molecule has 8 heteroatoms. The second-order valence-corrected chi connectivity index (χ2v) is 7.86. The Balaban J connectivity index is 1.95. The third-order valence-corrected chi connectivity index (χ3v) is 6.13. The second kappa shape index (κ2) is 6.66. The highest BCUT2D eigenvalue weighted by atomic mass is 32.2. The van der Waals surface area contributed by atoms with Gasteiger partial charge in [0.25, 0.3) is 0 Å². The normalized spacial score (nSPS) is 17.2. The molecule has 0 atom stereocenters.